The van der Waals surface area contributed by atoms with Crippen LogP contribution in [0.1, 0.15) is 90.4 Å². The lowest BCUT2D eigenvalue weighted by molar-refractivity contribution is -0.146. The van der Waals surface area contributed by atoms with Crippen LogP contribution in [0.3, 0.4) is 0 Å². The molecule has 0 aromatic carbocycles. The van der Waals surface area contributed by atoms with Gasteiger partial charge in [-0.25, -0.2) is 9.59 Å². The molecule has 0 aliphatic carbocycles. The molecule has 6 nitrogen and oxygen atoms in total. The first-order chi connectivity index (χ1) is 14.2. The SMILES string of the molecule is C=CCC(NC(=O)OCCOC)C(=O)OCCCCCCCCCCCCCC. The average Bonchev–Trinajstić information content (AvgIpc) is 2.71. The topological polar surface area (TPSA) is 73.9 Å². The molecule has 0 radical (unpaired) electrons. The molecule has 1 amide bonds. The van der Waals surface area contributed by atoms with Crippen molar-refractivity contribution in [2.75, 3.05) is 26.9 Å². The molecule has 0 aliphatic rings. The van der Waals surface area contributed by atoms with Gasteiger partial charge in [0.2, 0.25) is 0 Å². The fraction of sp³-hybridized carbons (Fsp3) is 0.826. The molecule has 1 atom stereocenters. The third-order valence-electron chi connectivity index (χ3n) is 4.74. The average molecular weight is 414 g/mol. The van der Waals surface area contributed by atoms with Crippen LogP contribution >= 0.6 is 0 Å². The molecule has 29 heavy (non-hydrogen) atoms. The van der Waals surface area contributed by atoms with Gasteiger partial charge < -0.3 is 19.5 Å². The van der Waals surface area contributed by atoms with Gasteiger partial charge in [0.05, 0.1) is 13.2 Å². The smallest absolute Gasteiger partial charge is 0.407 e. The number of unbranched alkanes of at least 4 members (excludes halogenated alkanes) is 11. The number of hydrogen-bond donors (Lipinski definition) is 1. The lowest BCUT2D eigenvalue weighted by Crippen LogP contribution is -2.42. The summed E-state index contributed by atoms with van der Waals surface area (Å²) in [4.78, 5) is 23.8. The van der Waals surface area contributed by atoms with Gasteiger partial charge in [-0.05, 0) is 12.8 Å². The minimum Gasteiger partial charge on any atom is -0.464 e. The van der Waals surface area contributed by atoms with Crippen LogP contribution in [0.2, 0.25) is 0 Å². The van der Waals surface area contributed by atoms with E-state index in [4.69, 9.17) is 14.2 Å². The van der Waals surface area contributed by atoms with Crippen molar-refractivity contribution in [1.82, 2.24) is 5.32 Å². The van der Waals surface area contributed by atoms with Gasteiger partial charge in [-0.2, -0.15) is 0 Å². The van der Waals surface area contributed by atoms with Gasteiger partial charge in [0.1, 0.15) is 12.6 Å². The molecule has 0 heterocycles. The quantitative estimate of drug-likeness (QED) is 0.161. The Labute approximate surface area is 177 Å². The Kier molecular flexibility index (Phi) is 20.0. The Morgan fingerprint density at radius 3 is 1.90 bits per heavy atom. The molecule has 1 unspecified atom stereocenters. The molecule has 0 aliphatic heterocycles. The third kappa shape index (κ3) is 18.2. The zero-order valence-electron chi connectivity index (χ0n) is 18.7. The molecule has 0 spiro atoms. The van der Waals surface area contributed by atoms with E-state index in [1.165, 1.54) is 71.3 Å². The summed E-state index contributed by atoms with van der Waals surface area (Å²) < 4.78 is 15.0. The van der Waals surface area contributed by atoms with Crippen LogP contribution in [0.15, 0.2) is 12.7 Å². The number of esters is 1. The molecule has 0 saturated carbocycles. The van der Waals surface area contributed by atoms with Crippen molar-refractivity contribution in [3.05, 3.63) is 12.7 Å². The van der Waals surface area contributed by atoms with Crippen molar-refractivity contribution in [2.45, 2.75) is 96.4 Å². The number of hydrogen-bond acceptors (Lipinski definition) is 5. The van der Waals surface area contributed by atoms with E-state index in [9.17, 15) is 9.59 Å². The standard InChI is InChI=1S/C23H43NO5/c1-4-6-7-8-9-10-11-12-13-14-15-16-18-28-22(25)21(17-5-2)24-23(26)29-20-19-27-3/h5,21H,2,4,6-20H2,1,3H3,(H,24,26). The molecule has 6 heteroatoms. The Morgan fingerprint density at radius 1 is 0.828 bits per heavy atom. The number of methoxy groups -OCH3 is 1. The van der Waals surface area contributed by atoms with Crippen molar-refractivity contribution in [3.8, 4) is 0 Å². The maximum absolute atomic E-state index is 12.1. The highest BCUT2D eigenvalue weighted by atomic mass is 16.6. The van der Waals surface area contributed by atoms with E-state index >= 15 is 0 Å². The summed E-state index contributed by atoms with van der Waals surface area (Å²) in [7, 11) is 1.52. The minimum absolute atomic E-state index is 0.136. The van der Waals surface area contributed by atoms with Gasteiger partial charge in [-0.3, -0.25) is 0 Å². The molecule has 0 fully saturated rings. The number of alkyl carbamates (subject to hydrolysis) is 1. The number of amides is 1. The highest BCUT2D eigenvalue weighted by Gasteiger charge is 2.21. The van der Waals surface area contributed by atoms with E-state index in [1.54, 1.807) is 6.08 Å². The van der Waals surface area contributed by atoms with Crippen LogP contribution in [0.5, 0.6) is 0 Å². The van der Waals surface area contributed by atoms with Crippen LogP contribution in [0, 0.1) is 0 Å². The third-order valence-corrected chi connectivity index (χ3v) is 4.74. The summed E-state index contributed by atoms with van der Waals surface area (Å²) in [6.07, 6.45) is 16.3. The lowest BCUT2D eigenvalue weighted by Gasteiger charge is -2.16. The van der Waals surface area contributed by atoms with E-state index in [-0.39, 0.29) is 6.61 Å². The Bertz CT molecular complexity index is 414. The summed E-state index contributed by atoms with van der Waals surface area (Å²) in [5.74, 6) is -0.448. The van der Waals surface area contributed by atoms with Crippen molar-refractivity contribution in [1.29, 1.82) is 0 Å². The van der Waals surface area contributed by atoms with Crippen molar-refractivity contribution >= 4 is 12.1 Å². The monoisotopic (exact) mass is 413 g/mol. The van der Waals surface area contributed by atoms with Crippen LogP contribution in [0.4, 0.5) is 4.79 Å². The Hall–Kier alpha value is -1.56. The van der Waals surface area contributed by atoms with E-state index < -0.39 is 18.1 Å². The predicted octanol–water partition coefficient (Wildman–Crippen LogP) is 5.55. The second-order valence-corrected chi connectivity index (χ2v) is 7.41. The van der Waals surface area contributed by atoms with Gasteiger partial charge >= 0.3 is 12.1 Å². The highest BCUT2D eigenvalue weighted by molar-refractivity contribution is 5.81. The second-order valence-electron chi connectivity index (χ2n) is 7.41. The Morgan fingerprint density at radius 2 is 1.38 bits per heavy atom. The molecule has 0 aromatic rings. The molecular formula is C23H43NO5. The fourth-order valence-electron chi connectivity index (χ4n) is 3.00. The molecule has 0 bridgehead atoms. The lowest BCUT2D eigenvalue weighted by atomic mass is 10.1. The van der Waals surface area contributed by atoms with E-state index in [0.717, 1.165) is 12.8 Å². The van der Waals surface area contributed by atoms with Gasteiger partial charge in [0.25, 0.3) is 0 Å². The fourth-order valence-corrected chi connectivity index (χ4v) is 3.00. The van der Waals surface area contributed by atoms with E-state index in [0.29, 0.717) is 19.6 Å². The summed E-state index contributed by atoms with van der Waals surface area (Å²) in [5.41, 5.74) is 0. The summed E-state index contributed by atoms with van der Waals surface area (Å²) in [6.45, 7) is 6.69. The molecule has 1 N–H and O–H groups in total. The normalized spacial score (nSPS) is 11.7. The van der Waals surface area contributed by atoms with Gasteiger partial charge in [0, 0.05) is 7.11 Å². The van der Waals surface area contributed by atoms with E-state index in [1.807, 2.05) is 0 Å². The number of carbonyl (C=O) groups is 2. The van der Waals surface area contributed by atoms with Crippen LogP contribution in [-0.4, -0.2) is 45.0 Å². The summed E-state index contributed by atoms with van der Waals surface area (Å²) in [5, 5.41) is 2.51. The molecule has 170 valence electrons. The van der Waals surface area contributed by atoms with Crippen LogP contribution in [0.25, 0.3) is 0 Å². The molecule has 0 aromatic heterocycles. The largest absolute Gasteiger partial charge is 0.464 e. The number of rotatable bonds is 20. The zero-order chi connectivity index (χ0) is 21.6. The first-order valence-electron chi connectivity index (χ1n) is 11.3. The van der Waals surface area contributed by atoms with Gasteiger partial charge in [-0.15, -0.1) is 6.58 Å². The van der Waals surface area contributed by atoms with Gasteiger partial charge in [0.15, 0.2) is 0 Å². The van der Waals surface area contributed by atoms with Crippen molar-refractivity contribution in [2.24, 2.45) is 0 Å². The molecular weight excluding hydrogens is 370 g/mol. The maximum atomic E-state index is 12.1. The van der Waals surface area contributed by atoms with Crippen molar-refractivity contribution in [3.63, 3.8) is 0 Å². The first kappa shape index (κ1) is 27.4. The van der Waals surface area contributed by atoms with Crippen molar-refractivity contribution < 1.29 is 23.8 Å². The first-order valence-corrected chi connectivity index (χ1v) is 11.3. The Balaban J connectivity index is 3.68. The summed E-state index contributed by atoms with van der Waals surface area (Å²) >= 11 is 0. The second kappa shape index (κ2) is 21.2. The van der Waals surface area contributed by atoms with Gasteiger partial charge in [-0.1, -0.05) is 83.6 Å². The highest BCUT2D eigenvalue weighted by Crippen LogP contribution is 2.12. The van der Waals surface area contributed by atoms with E-state index in [2.05, 4.69) is 18.8 Å². The number of nitrogens with one attached hydrogen (secondary N) is 1. The predicted molar refractivity (Wildman–Crippen MR) is 117 cm³/mol. The maximum Gasteiger partial charge on any atom is 0.407 e. The number of carbonyl (C=O) groups excluding carboxylic acids is 2. The van der Waals surface area contributed by atoms with Crippen LogP contribution in [-0.2, 0) is 19.0 Å². The molecule has 0 saturated heterocycles. The van der Waals surface area contributed by atoms with Crippen LogP contribution < -0.4 is 5.32 Å². The zero-order valence-corrected chi connectivity index (χ0v) is 18.7. The minimum atomic E-state index is -0.764. The molecule has 0 rings (SSSR count). The summed E-state index contributed by atoms with van der Waals surface area (Å²) in [6, 6.07) is -0.764. The number of ether oxygens (including phenoxy) is 3.